The highest BCUT2D eigenvalue weighted by Gasteiger charge is 2.28. The van der Waals surface area contributed by atoms with Gasteiger partial charge in [-0.3, -0.25) is 4.79 Å². The van der Waals surface area contributed by atoms with Crippen molar-refractivity contribution < 1.29 is 4.84 Å². The minimum Gasteiger partial charge on any atom is -0.387 e. The molecule has 0 fully saturated rings. The molecule has 1 atom stereocenters. The predicted octanol–water partition coefficient (Wildman–Crippen LogP) is 5.71. The van der Waals surface area contributed by atoms with Gasteiger partial charge in [0.05, 0.1) is 11.3 Å². The zero-order valence-electron chi connectivity index (χ0n) is 15.4. The maximum atomic E-state index is 13.1. The van der Waals surface area contributed by atoms with E-state index in [-0.39, 0.29) is 11.7 Å². The topological polar surface area (TPSA) is 54.5 Å². The Hall–Kier alpha value is -3.37. The molecular formula is C24H17ClN2O2. The number of nitrogens with one attached hydrogen (secondary N) is 1. The van der Waals surface area contributed by atoms with Gasteiger partial charge in [-0.1, -0.05) is 77.4 Å². The van der Waals surface area contributed by atoms with Crippen molar-refractivity contribution >= 4 is 28.2 Å². The Morgan fingerprint density at radius 2 is 1.66 bits per heavy atom. The van der Waals surface area contributed by atoms with Crippen LogP contribution in [0.4, 0.5) is 0 Å². The van der Waals surface area contributed by atoms with Gasteiger partial charge < -0.3 is 9.82 Å². The number of hydrogen-bond acceptors (Lipinski definition) is 3. The summed E-state index contributed by atoms with van der Waals surface area (Å²) in [4.78, 5) is 21.8. The quantitative estimate of drug-likeness (QED) is 0.478. The summed E-state index contributed by atoms with van der Waals surface area (Å²) in [5, 5.41) is 5.79. The smallest absolute Gasteiger partial charge is 0.258 e. The number of aromatic nitrogens is 1. The van der Waals surface area contributed by atoms with Crippen LogP contribution < -0.4 is 5.56 Å². The van der Waals surface area contributed by atoms with Crippen molar-refractivity contribution in [2.24, 2.45) is 5.16 Å². The molecular weight excluding hydrogens is 384 g/mol. The van der Waals surface area contributed by atoms with E-state index in [4.69, 9.17) is 16.4 Å². The van der Waals surface area contributed by atoms with Crippen molar-refractivity contribution in [3.8, 4) is 11.1 Å². The highest BCUT2D eigenvalue weighted by molar-refractivity contribution is 6.31. The summed E-state index contributed by atoms with van der Waals surface area (Å²) in [5.74, 6) is 0. The number of benzene rings is 3. The molecule has 29 heavy (non-hydrogen) atoms. The minimum absolute atomic E-state index is 0.185. The van der Waals surface area contributed by atoms with Gasteiger partial charge in [0.1, 0.15) is 0 Å². The number of aromatic amines is 1. The summed E-state index contributed by atoms with van der Waals surface area (Å²) < 4.78 is 0. The van der Waals surface area contributed by atoms with E-state index in [1.807, 2.05) is 72.8 Å². The average Bonchev–Trinajstić information content (AvgIpc) is 3.24. The minimum atomic E-state index is -0.204. The third-order valence-electron chi connectivity index (χ3n) is 5.17. The first-order valence-electron chi connectivity index (χ1n) is 9.39. The molecule has 1 N–H and O–H groups in total. The lowest BCUT2D eigenvalue weighted by atomic mass is 9.91. The third-order valence-corrected chi connectivity index (χ3v) is 5.40. The molecule has 5 rings (SSSR count). The van der Waals surface area contributed by atoms with Crippen LogP contribution in [0, 0.1) is 0 Å². The first kappa shape index (κ1) is 17.7. The Labute approximate surface area is 172 Å². The number of hydrogen-bond donors (Lipinski definition) is 1. The molecule has 1 aromatic heterocycles. The molecule has 4 nitrogen and oxygen atoms in total. The summed E-state index contributed by atoms with van der Waals surface area (Å²) in [6.07, 6.45) is 0.322. The fraction of sp³-hybridized carbons (Fsp3) is 0.0833. The van der Waals surface area contributed by atoms with Crippen LogP contribution in [0.25, 0.3) is 22.0 Å². The van der Waals surface area contributed by atoms with Gasteiger partial charge >= 0.3 is 0 Å². The molecule has 0 amide bonds. The van der Waals surface area contributed by atoms with Crippen molar-refractivity contribution in [1.82, 2.24) is 4.98 Å². The highest BCUT2D eigenvalue weighted by atomic mass is 35.5. The lowest BCUT2D eigenvalue weighted by molar-refractivity contribution is 0.0857. The van der Waals surface area contributed by atoms with E-state index < -0.39 is 0 Å². The molecule has 5 heteroatoms. The van der Waals surface area contributed by atoms with Gasteiger partial charge in [0, 0.05) is 27.9 Å². The molecule has 0 unspecified atom stereocenters. The number of rotatable bonds is 3. The van der Waals surface area contributed by atoms with Crippen LogP contribution in [-0.2, 0) is 4.84 Å². The molecule has 2 heterocycles. The number of fused-ring (bicyclic) bond motifs is 1. The van der Waals surface area contributed by atoms with Crippen molar-refractivity contribution in [3.05, 3.63) is 105 Å². The Morgan fingerprint density at radius 1 is 0.931 bits per heavy atom. The summed E-state index contributed by atoms with van der Waals surface area (Å²) >= 11 is 6.29. The molecule has 3 aromatic carbocycles. The van der Waals surface area contributed by atoms with E-state index in [0.29, 0.717) is 22.7 Å². The number of halogens is 1. The Bertz CT molecular complexity index is 1280. The molecule has 0 spiro atoms. The maximum absolute atomic E-state index is 13.1. The second kappa shape index (κ2) is 7.22. The van der Waals surface area contributed by atoms with Gasteiger partial charge in [0.2, 0.25) is 0 Å². The first-order valence-corrected chi connectivity index (χ1v) is 9.77. The molecule has 0 saturated heterocycles. The first-order chi connectivity index (χ1) is 14.2. The summed E-state index contributed by atoms with van der Waals surface area (Å²) in [6.45, 7) is 0. The molecule has 0 radical (unpaired) electrons. The molecule has 4 aromatic rings. The fourth-order valence-electron chi connectivity index (χ4n) is 3.82. The molecule has 142 valence electrons. The number of nitrogens with zero attached hydrogens (tertiary/aromatic N) is 1. The van der Waals surface area contributed by atoms with E-state index in [0.717, 1.165) is 27.6 Å². The Kier molecular flexibility index (Phi) is 4.41. The van der Waals surface area contributed by atoms with Gasteiger partial charge in [-0.25, -0.2) is 0 Å². The van der Waals surface area contributed by atoms with Crippen LogP contribution in [0.15, 0.2) is 88.8 Å². The van der Waals surface area contributed by atoms with Gasteiger partial charge in [-0.05, 0) is 29.3 Å². The van der Waals surface area contributed by atoms with Gasteiger partial charge in [0.25, 0.3) is 5.56 Å². The van der Waals surface area contributed by atoms with Crippen molar-refractivity contribution in [2.45, 2.75) is 12.5 Å². The number of H-pyrrole nitrogens is 1. The molecule has 0 saturated carbocycles. The summed E-state index contributed by atoms with van der Waals surface area (Å²) in [7, 11) is 0. The Morgan fingerprint density at radius 3 is 2.41 bits per heavy atom. The van der Waals surface area contributed by atoms with E-state index in [1.165, 1.54) is 0 Å². The van der Waals surface area contributed by atoms with Crippen LogP contribution in [-0.4, -0.2) is 10.7 Å². The standard InChI is InChI=1S/C24H17ClN2O2/c25-17-11-12-19-18(13-17)22(16-9-5-2-6-10-16)23(24(28)26-19)20-14-21(29-27-20)15-7-3-1-4-8-15/h1-13,21H,14H2,(H,26,28)/t21-/m1/s1. The normalized spacial score (nSPS) is 15.9. The predicted molar refractivity (Wildman–Crippen MR) is 116 cm³/mol. The second-order valence-corrected chi connectivity index (χ2v) is 7.44. The van der Waals surface area contributed by atoms with Crippen LogP contribution in [0.1, 0.15) is 23.7 Å². The Balaban J connectivity index is 1.70. The monoisotopic (exact) mass is 400 g/mol. The molecule has 0 bridgehead atoms. The van der Waals surface area contributed by atoms with E-state index in [9.17, 15) is 4.79 Å². The number of oxime groups is 1. The van der Waals surface area contributed by atoms with Gasteiger partial charge in [0.15, 0.2) is 6.10 Å². The zero-order valence-corrected chi connectivity index (χ0v) is 16.2. The zero-order chi connectivity index (χ0) is 19.8. The maximum Gasteiger partial charge on any atom is 0.258 e. The van der Waals surface area contributed by atoms with Crippen LogP contribution >= 0.6 is 11.6 Å². The van der Waals surface area contributed by atoms with Crippen LogP contribution in [0.5, 0.6) is 0 Å². The SMILES string of the molecule is O=c1[nH]c2ccc(Cl)cc2c(-c2ccccc2)c1C1=NO[C@@H](c2ccccc2)C1. The summed E-state index contributed by atoms with van der Waals surface area (Å²) in [5.41, 5.74) is 4.52. The lowest BCUT2D eigenvalue weighted by Crippen LogP contribution is -2.19. The van der Waals surface area contributed by atoms with Gasteiger partial charge in [-0.2, -0.15) is 0 Å². The molecule has 1 aliphatic rings. The second-order valence-electron chi connectivity index (χ2n) is 7.01. The summed E-state index contributed by atoms with van der Waals surface area (Å²) in [6, 6.07) is 25.2. The van der Waals surface area contributed by atoms with Crippen LogP contribution in [0.3, 0.4) is 0 Å². The third kappa shape index (κ3) is 3.22. The fourth-order valence-corrected chi connectivity index (χ4v) is 3.99. The average molecular weight is 401 g/mol. The van der Waals surface area contributed by atoms with E-state index >= 15 is 0 Å². The molecule has 0 aliphatic carbocycles. The van der Waals surface area contributed by atoms with Crippen molar-refractivity contribution in [1.29, 1.82) is 0 Å². The van der Waals surface area contributed by atoms with Crippen molar-refractivity contribution in [2.75, 3.05) is 0 Å². The molecule has 1 aliphatic heterocycles. The van der Waals surface area contributed by atoms with Crippen LogP contribution in [0.2, 0.25) is 5.02 Å². The largest absolute Gasteiger partial charge is 0.387 e. The van der Waals surface area contributed by atoms with E-state index in [1.54, 1.807) is 6.07 Å². The number of pyridine rings is 1. The van der Waals surface area contributed by atoms with Crippen molar-refractivity contribution in [3.63, 3.8) is 0 Å². The van der Waals surface area contributed by atoms with E-state index in [2.05, 4.69) is 10.1 Å². The highest BCUT2D eigenvalue weighted by Crippen LogP contribution is 2.35. The van der Waals surface area contributed by atoms with Gasteiger partial charge in [-0.15, -0.1) is 0 Å². The lowest BCUT2D eigenvalue weighted by Gasteiger charge is -2.13.